The Morgan fingerprint density at radius 1 is 1.05 bits per heavy atom. The van der Waals surface area contributed by atoms with Gasteiger partial charge in [-0.15, -0.1) is 0 Å². The standard InChI is InChI=1S/C29H30N2O7/c1-12-7-13(2)9-14(8-12)16-5-6-19(32)21-17(16)10-15-11-18-23(31(3)4)25(34)22(28(30)37)27(36)29(18,38)26(35)20(15)24(21)33/h5-9,15,18,23,32,34-35,38H,10-11H2,1-4H3,(H2,30,37)/t15-,18+,23+,29-/m1/s1. The van der Waals surface area contributed by atoms with E-state index >= 15 is 0 Å². The summed E-state index contributed by atoms with van der Waals surface area (Å²) in [5.41, 5.74) is 6.05. The van der Waals surface area contributed by atoms with Crippen molar-refractivity contribution in [3.63, 3.8) is 0 Å². The molecule has 5 rings (SSSR count). The minimum absolute atomic E-state index is 0.00226. The minimum Gasteiger partial charge on any atom is -0.510 e. The molecule has 0 radical (unpaired) electrons. The first-order valence-electron chi connectivity index (χ1n) is 12.4. The molecule has 9 heteroatoms. The third-order valence-corrected chi connectivity index (χ3v) is 8.14. The van der Waals surface area contributed by atoms with Gasteiger partial charge in [0.25, 0.3) is 5.91 Å². The van der Waals surface area contributed by atoms with Crippen LogP contribution in [0.1, 0.15) is 33.5 Å². The van der Waals surface area contributed by atoms with E-state index in [1.165, 1.54) is 11.0 Å². The molecule has 0 aromatic heterocycles. The molecule has 1 amide bonds. The molecule has 0 aliphatic heterocycles. The number of aliphatic hydroxyl groups is 3. The fourth-order valence-electron chi connectivity index (χ4n) is 6.65. The summed E-state index contributed by atoms with van der Waals surface area (Å²) >= 11 is 0. The van der Waals surface area contributed by atoms with E-state index in [1.54, 1.807) is 20.2 Å². The van der Waals surface area contributed by atoms with Gasteiger partial charge >= 0.3 is 0 Å². The van der Waals surface area contributed by atoms with Crippen molar-refractivity contribution in [2.75, 3.05) is 14.1 Å². The Labute approximate surface area is 219 Å². The molecule has 0 heterocycles. The van der Waals surface area contributed by atoms with Crippen LogP contribution < -0.4 is 5.73 Å². The van der Waals surface area contributed by atoms with E-state index in [-0.39, 0.29) is 29.7 Å². The van der Waals surface area contributed by atoms with Crippen LogP contribution in [0.4, 0.5) is 0 Å². The molecular formula is C29H30N2O7. The van der Waals surface area contributed by atoms with Crippen molar-refractivity contribution in [2.24, 2.45) is 17.6 Å². The average Bonchev–Trinajstić information content (AvgIpc) is 2.80. The molecule has 6 N–H and O–H groups in total. The molecule has 0 unspecified atom stereocenters. The number of hydrogen-bond donors (Lipinski definition) is 5. The smallest absolute Gasteiger partial charge is 0.255 e. The molecule has 3 aliphatic carbocycles. The summed E-state index contributed by atoms with van der Waals surface area (Å²) in [6, 6.07) is 8.16. The maximum Gasteiger partial charge on any atom is 0.255 e. The fourth-order valence-corrected chi connectivity index (χ4v) is 6.65. The summed E-state index contributed by atoms with van der Waals surface area (Å²) in [4.78, 5) is 40.9. The van der Waals surface area contributed by atoms with Crippen LogP contribution in [-0.2, 0) is 16.0 Å². The van der Waals surface area contributed by atoms with Gasteiger partial charge in [-0.05, 0) is 69.5 Å². The number of phenolic OH excluding ortho intramolecular Hbond substituents is 1. The Balaban J connectivity index is 1.73. The van der Waals surface area contributed by atoms with Crippen molar-refractivity contribution < 1.29 is 34.8 Å². The van der Waals surface area contributed by atoms with Gasteiger partial charge in [0.15, 0.2) is 11.4 Å². The first kappa shape index (κ1) is 25.7. The average molecular weight is 519 g/mol. The lowest BCUT2D eigenvalue weighted by molar-refractivity contribution is -0.148. The number of carbonyl (C=O) groups excluding carboxylic acids is 3. The molecule has 0 bridgehead atoms. The summed E-state index contributed by atoms with van der Waals surface area (Å²) in [5.74, 6) is -6.60. The van der Waals surface area contributed by atoms with Crippen molar-refractivity contribution in [2.45, 2.75) is 38.3 Å². The van der Waals surface area contributed by atoms with Crippen molar-refractivity contribution in [3.05, 3.63) is 75.3 Å². The summed E-state index contributed by atoms with van der Waals surface area (Å²) in [6.45, 7) is 3.94. The summed E-state index contributed by atoms with van der Waals surface area (Å²) in [5, 5.41) is 44.7. The first-order valence-corrected chi connectivity index (χ1v) is 12.4. The van der Waals surface area contributed by atoms with Gasteiger partial charge < -0.3 is 26.2 Å². The van der Waals surface area contributed by atoms with Gasteiger partial charge in [-0.1, -0.05) is 35.4 Å². The number of aliphatic hydroxyl groups excluding tert-OH is 2. The number of nitrogens with two attached hydrogens (primary N) is 1. The fraction of sp³-hybridized carbons (Fsp3) is 0.345. The highest BCUT2D eigenvalue weighted by Crippen LogP contribution is 2.53. The van der Waals surface area contributed by atoms with Crippen LogP contribution in [0.5, 0.6) is 5.75 Å². The zero-order chi connectivity index (χ0) is 27.8. The van der Waals surface area contributed by atoms with Crippen LogP contribution in [-0.4, -0.2) is 68.5 Å². The number of ketones is 2. The van der Waals surface area contributed by atoms with Crippen molar-refractivity contribution >= 4 is 17.5 Å². The highest BCUT2D eigenvalue weighted by Gasteiger charge is 2.63. The van der Waals surface area contributed by atoms with Gasteiger partial charge in [0.2, 0.25) is 5.78 Å². The third-order valence-electron chi connectivity index (χ3n) is 8.14. The SMILES string of the molecule is Cc1cc(C)cc(-c2ccc(O)c3c2C[C@@H]2C[C@H]4[C@H](N(C)C)C(O)=C(C(N)=O)C(=O)[C@]4(O)C(O)=C2C3=O)c1. The number of Topliss-reactive ketones (excluding diaryl/α,β-unsaturated/α-hetero) is 2. The summed E-state index contributed by atoms with van der Waals surface area (Å²) in [7, 11) is 3.20. The molecule has 0 saturated heterocycles. The van der Waals surface area contributed by atoms with Gasteiger partial charge in [0, 0.05) is 11.5 Å². The zero-order valence-electron chi connectivity index (χ0n) is 21.6. The van der Waals surface area contributed by atoms with E-state index in [2.05, 4.69) is 0 Å². The van der Waals surface area contributed by atoms with Gasteiger partial charge in [0.05, 0.1) is 11.6 Å². The maximum absolute atomic E-state index is 13.9. The molecule has 38 heavy (non-hydrogen) atoms. The predicted octanol–water partition coefficient (Wildman–Crippen LogP) is 2.40. The number of rotatable bonds is 3. The number of phenols is 1. The lowest BCUT2D eigenvalue weighted by atomic mass is 9.58. The lowest BCUT2D eigenvalue weighted by Crippen LogP contribution is -2.63. The van der Waals surface area contributed by atoms with E-state index in [4.69, 9.17) is 5.73 Å². The monoisotopic (exact) mass is 518 g/mol. The molecule has 198 valence electrons. The van der Waals surface area contributed by atoms with Crippen LogP contribution in [0.3, 0.4) is 0 Å². The van der Waals surface area contributed by atoms with Gasteiger partial charge in [-0.2, -0.15) is 0 Å². The molecule has 2 aromatic rings. The number of allylic oxidation sites excluding steroid dienone is 1. The highest BCUT2D eigenvalue weighted by atomic mass is 16.3. The molecule has 2 aromatic carbocycles. The number of carbonyl (C=O) groups is 3. The normalized spacial score (nSPS) is 26.8. The Bertz CT molecular complexity index is 1480. The van der Waals surface area contributed by atoms with Crippen LogP contribution in [0.15, 0.2) is 53.0 Å². The largest absolute Gasteiger partial charge is 0.510 e. The summed E-state index contributed by atoms with van der Waals surface area (Å²) in [6.07, 6.45) is 0.291. The van der Waals surface area contributed by atoms with Crippen molar-refractivity contribution in [1.29, 1.82) is 0 Å². The second kappa shape index (κ2) is 8.54. The van der Waals surface area contributed by atoms with Crippen LogP contribution in [0.25, 0.3) is 11.1 Å². The number of likely N-dealkylation sites (N-methyl/N-ethyl adjacent to an activating group) is 1. The molecular weight excluding hydrogens is 488 g/mol. The molecule has 0 fully saturated rings. The van der Waals surface area contributed by atoms with Gasteiger partial charge in [0.1, 0.15) is 22.8 Å². The third kappa shape index (κ3) is 3.42. The molecule has 0 saturated carbocycles. The number of aromatic hydroxyl groups is 1. The van der Waals surface area contributed by atoms with Crippen LogP contribution >= 0.6 is 0 Å². The Kier molecular flexibility index (Phi) is 5.77. The molecule has 9 nitrogen and oxygen atoms in total. The molecule has 3 aliphatic rings. The van der Waals surface area contributed by atoms with Gasteiger partial charge in [-0.3, -0.25) is 19.3 Å². The number of fused-ring (bicyclic) bond motifs is 3. The number of amides is 1. The van der Waals surface area contributed by atoms with E-state index < -0.39 is 58.0 Å². The Morgan fingerprint density at radius 2 is 1.68 bits per heavy atom. The quantitative estimate of drug-likeness (QED) is 0.387. The number of aryl methyl sites for hydroxylation is 2. The zero-order valence-corrected chi connectivity index (χ0v) is 21.6. The summed E-state index contributed by atoms with van der Waals surface area (Å²) < 4.78 is 0. The van der Waals surface area contributed by atoms with E-state index in [0.29, 0.717) is 5.56 Å². The minimum atomic E-state index is -2.65. The van der Waals surface area contributed by atoms with Crippen LogP contribution in [0.2, 0.25) is 0 Å². The second-order valence-corrected chi connectivity index (χ2v) is 10.8. The molecule has 0 spiro atoms. The number of benzene rings is 2. The van der Waals surface area contributed by atoms with E-state index in [0.717, 1.165) is 22.3 Å². The van der Waals surface area contributed by atoms with Gasteiger partial charge in [-0.25, -0.2) is 0 Å². The number of primary amides is 1. The second-order valence-electron chi connectivity index (χ2n) is 10.8. The number of hydrogen-bond acceptors (Lipinski definition) is 8. The Hall–Kier alpha value is -3.95. The first-order chi connectivity index (χ1) is 17.8. The highest BCUT2D eigenvalue weighted by molar-refractivity contribution is 6.24. The topological polar surface area (TPSA) is 161 Å². The van der Waals surface area contributed by atoms with E-state index in [1.807, 2.05) is 32.0 Å². The van der Waals surface area contributed by atoms with Crippen molar-refractivity contribution in [3.8, 4) is 16.9 Å². The van der Waals surface area contributed by atoms with Crippen LogP contribution in [0, 0.1) is 25.7 Å². The predicted molar refractivity (Wildman–Crippen MR) is 139 cm³/mol. The Morgan fingerprint density at radius 3 is 2.26 bits per heavy atom. The number of nitrogens with zero attached hydrogens (tertiary/aromatic N) is 1. The maximum atomic E-state index is 13.9. The molecule has 4 atom stereocenters. The van der Waals surface area contributed by atoms with Crippen molar-refractivity contribution in [1.82, 2.24) is 4.90 Å². The van der Waals surface area contributed by atoms with E-state index in [9.17, 15) is 34.8 Å². The lowest BCUT2D eigenvalue weighted by Gasteiger charge is -2.50.